The third kappa shape index (κ3) is 6.05. The minimum absolute atomic E-state index is 0.205. The first kappa shape index (κ1) is 12.9. The third-order valence-electron chi connectivity index (χ3n) is 2.66. The number of unbranched alkanes of at least 4 members (excludes halogenated alkanes) is 1. The lowest BCUT2D eigenvalue weighted by Crippen LogP contribution is -2.31. The summed E-state index contributed by atoms with van der Waals surface area (Å²) in [5.74, 6) is 0.622. The summed E-state index contributed by atoms with van der Waals surface area (Å²) in [5.41, 5.74) is 6.00. The fourth-order valence-corrected chi connectivity index (χ4v) is 1.79. The van der Waals surface area contributed by atoms with E-state index in [2.05, 4.69) is 13.8 Å². The van der Waals surface area contributed by atoms with Gasteiger partial charge in [0.15, 0.2) is 0 Å². The summed E-state index contributed by atoms with van der Waals surface area (Å²) in [6.07, 6.45) is 6.91. The van der Waals surface area contributed by atoms with Gasteiger partial charge in [-0.1, -0.05) is 33.1 Å². The first-order chi connectivity index (χ1) is 6.26. The van der Waals surface area contributed by atoms with Gasteiger partial charge in [0.05, 0.1) is 0 Å². The lowest BCUT2D eigenvalue weighted by atomic mass is 9.89. The van der Waals surface area contributed by atoms with Gasteiger partial charge in [-0.25, -0.2) is 0 Å². The zero-order valence-corrected chi connectivity index (χ0v) is 9.13. The molecule has 0 aliphatic carbocycles. The van der Waals surface area contributed by atoms with Crippen molar-refractivity contribution in [2.75, 3.05) is 6.61 Å². The van der Waals surface area contributed by atoms with Crippen molar-refractivity contribution in [2.45, 2.75) is 58.4 Å². The summed E-state index contributed by atoms with van der Waals surface area (Å²) in [5, 5.41) is 8.80. The van der Waals surface area contributed by atoms with E-state index < -0.39 is 0 Å². The van der Waals surface area contributed by atoms with Crippen LogP contribution >= 0.6 is 0 Å². The van der Waals surface area contributed by atoms with Crippen LogP contribution < -0.4 is 5.73 Å². The summed E-state index contributed by atoms with van der Waals surface area (Å²) in [7, 11) is 0. The molecule has 0 aromatic heterocycles. The van der Waals surface area contributed by atoms with Crippen LogP contribution in [0.5, 0.6) is 0 Å². The molecule has 2 heteroatoms. The van der Waals surface area contributed by atoms with E-state index >= 15 is 0 Å². The van der Waals surface area contributed by atoms with Crippen LogP contribution in [0.4, 0.5) is 0 Å². The predicted octanol–water partition coefficient (Wildman–Crippen LogP) is 2.30. The summed E-state index contributed by atoms with van der Waals surface area (Å²) >= 11 is 0. The number of hydrogen-bond acceptors (Lipinski definition) is 2. The van der Waals surface area contributed by atoms with Gasteiger partial charge in [0.1, 0.15) is 0 Å². The molecule has 0 heterocycles. The average Bonchev–Trinajstić information content (AvgIpc) is 2.12. The van der Waals surface area contributed by atoms with Crippen molar-refractivity contribution in [2.24, 2.45) is 11.7 Å². The molecule has 80 valence electrons. The zero-order chi connectivity index (χ0) is 10.1. The summed E-state index contributed by atoms with van der Waals surface area (Å²) in [4.78, 5) is 0. The Labute approximate surface area is 82.5 Å². The summed E-state index contributed by atoms with van der Waals surface area (Å²) in [6, 6.07) is 0.205. The van der Waals surface area contributed by atoms with E-state index in [0.717, 1.165) is 6.42 Å². The molecule has 0 radical (unpaired) electrons. The van der Waals surface area contributed by atoms with Crippen molar-refractivity contribution in [1.29, 1.82) is 0 Å². The van der Waals surface area contributed by atoms with Gasteiger partial charge in [-0.15, -0.1) is 0 Å². The topological polar surface area (TPSA) is 46.2 Å². The highest BCUT2D eigenvalue weighted by atomic mass is 16.3. The van der Waals surface area contributed by atoms with Crippen LogP contribution in [-0.4, -0.2) is 17.8 Å². The summed E-state index contributed by atoms with van der Waals surface area (Å²) < 4.78 is 0. The molecule has 0 fully saturated rings. The Morgan fingerprint density at radius 2 is 1.77 bits per heavy atom. The van der Waals surface area contributed by atoms with Crippen LogP contribution in [0.2, 0.25) is 0 Å². The normalized spacial score (nSPS) is 15.7. The summed E-state index contributed by atoms with van der Waals surface area (Å²) in [6.45, 7) is 4.64. The van der Waals surface area contributed by atoms with Gasteiger partial charge >= 0.3 is 0 Å². The maximum absolute atomic E-state index is 8.80. The van der Waals surface area contributed by atoms with Gasteiger partial charge in [-0.3, -0.25) is 0 Å². The molecule has 0 saturated heterocycles. The van der Waals surface area contributed by atoms with E-state index in [-0.39, 0.29) is 12.6 Å². The van der Waals surface area contributed by atoms with Gasteiger partial charge in [0.25, 0.3) is 0 Å². The molecule has 13 heavy (non-hydrogen) atoms. The van der Waals surface area contributed by atoms with E-state index in [1.165, 1.54) is 32.1 Å². The van der Waals surface area contributed by atoms with E-state index in [1.54, 1.807) is 0 Å². The molecular weight excluding hydrogens is 162 g/mol. The number of nitrogens with two attached hydrogens (primary N) is 1. The molecule has 0 aromatic rings. The smallest absolute Gasteiger partial charge is 0.0445 e. The molecule has 0 amide bonds. The van der Waals surface area contributed by atoms with Crippen molar-refractivity contribution in [1.82, 2.24) is 0 Å². The average molecular weight is 187 g/mol. The van der Waals surface area contributed by atoms with Crippen LogP contribution in [0, 0.1) is 5.92 Å². The minimum Gasteiger partial charge on any atom is -0.396 e. The Morgan fingerprint density at radius 1 is 1.08 bits per heavy atom. The molecule has 3 N–H and O–H groups in total. The second-order valence-corrected chi connectivity index (χ2v) is 3.87. The van der Waals surface area contributed by atoms with E-state index in [4.69, 9.17) is 10.8 Å². The van der Waals surface area contributed by atoms with Crippen molar-refractivity contribution in [3.63, 3.8) is 0 Å². The lowest BCUT2D eigenvalue weighted by molar-refractivity contribution is 0.243. The van der Waals surface area contributed by atoms with Gasteiger partial charge < -0.3 is 10.8 Å². The maximum atomic E-state index is 8.80. The largest absolute Gasteiger partial charge is 0.396 e. The van der Waals surface area contributed by atoms with E-state index in [0.29, 0.717) is 5.92 Å². The number of rotatable bonds is 8. The van der Waals surface area contributed by atoms with Crippen LogP contribution in [-0.2, 0) is 0 Å². The van der Waals surface area contributed by atoms with Crippen molar-refractivity contribution >= 4 is 0 Å². The highest BCUT2D eigenvalue weighted by Gasteiger charge is 2.15. The standard InChI is InChI=1S/C11H25NO/c1-3-5-7-10(6-4-2)11(12)8-9-13/h10-11,13H,3-9,12H2,1-2H3. The van der Waals surface area contributed by atoms with Crippen LogP contribution in [0.25, 0.3) is 0 Å². The Bertz CT molecular complexity index is 106. The number of hydrogen-bond donors (Lipinski definition) is 2. The van der Waals surface area contributed by atoms with Crippen molar-refractivity contribution < 1.29 is 5.11 Å². The Balaban J connectivity index is 3.75. The molecule has 2 unspecified atom stereocenters. The molecule has 0 bridgehead atoms. The fourth-order valence-electron chi connectivity index (χ4n) is 1.79. The fraction of sp³-hybridized carbons (Fsp3) is 1.00. The van der Waals surface area contributed by atoms with E-state index in [9.17, 15) is 0 Å². The second-order valence-electron chi connectivity index (χ2n) is 3.87. The molecular formula is C11H25NO. The Hall–Kier alpha value is -0.0800. The third-order valence-corrected chi connectivity index (χ3v) is 2.66. The van der Waals surface area contributed by atoms with Gasteiger partial charge in [0, 0.05) is 12.6 Å². The van der Waals surface area contributed by atoms with Crippen molar-refractivity contribution in [3.8, 4) is 0 Å². The monoisotopic (exact) mass is 187 g/mol. The first-order valence-electron chi connectivity index (χ1n) is 5.62. The first-order valence-corrected chi connectivity index (χ1v) is 5.62. The van der Waals surface area contributed by atoms with Gasteiger partial charge in [0.2, 0.25) is 0 Å². The lowest BCUT2D eigenvalue weighted by Gasteiger charge is -2.22. The molecule has 0 aliphatic rings. The molecule has 0 saturated carbocycles. The molecule has 2 atom stereocenters. The molecule has 0 aliphatic heterocycles. The Kier molecular flexibility index (Phi) is 8.46. The van der Waals surface area contributed by atoms with E-state index in [1.807, 2.05) is 0 Å². The van der Waals surface area contributed by atoms with Crippen LogP contribution in [0.15, 0.2) is 0 Å². The highest BCUT2D eigenvalue weighted by molar-refractivity contribution is 4.72. The number of aliphatic hydroxyl groups is 1. The van der Waals surface area contributed by atoms with Gasteiger partial charge in [-0.2, -0.15) is 0 Å². The van der Waals surface area contributed by atoms with Crippen molar-refractivity contribution in [3.05, 3.63) is 0 Å². The predicted molar refractivity (Wildman–Crippen MR) is 57.6 cm³/mol. The minimum atomic E-state index is 0.205. The molecule has 2 nitrogen and oxygen atoms in total. The SMILES string of the molecule is CCCCC(CCC)C(N)CCO. The molecule has 0 spiro atoms. The highest BCUT2D eigenvalue weighted by Crippen LogP contribution is 2.19. The van der Waals surface area contributed by atoms with Gasteiger partial charge in [-0.05, 0) is 25.2 Å². The van der Waals surface area contributed by atoms with Crippen LogP contribution in [0.3, 0.4) is 0 Å². The van der Waals surface area contributed by atoms with Crippen LogP contribution in [0.1, 0.15) is 52.4 Å². The molecule has 0 aromatic carbocycles. The quantitative estimate of drug-likeness (QED) is 0.612. The zero-order valence-electron chi connectivity index (χ0n) is 9.13. The maximum Gasteiger partial charge on any atom is 0.0445 e. The molecule has 0 rings (SSSR count). The second kappa shape index (κ2) is 8.52. The Morgan fingerprint density at radius 3 is 2.23 bits per heavy atom. The number of aliphatic hydroxyl groups excluding tert-OH is 1.